The molecule has 3 nitrogen and oxygen atoms in total. The first-order chi connectivity index (χ1) is 7.77. The first-order valence-corrected chi connectivity index (χ1v) is 5.23. The van der Waals surface area contributed by atoms with Crippen LogP contribution in [0.4, 0.5) is 4.39 Å². The summed E-state index contributed by atoms with van der Waals surface area (Å²) in [5, 5.41) is 3.21. The van der Waals surface area contributed by atoms with E-state index in [9.17, 15) is 4.39 Å². The molecule has 2 N–H and O–H groups in total. The van der Waals surface area contributed by atoms with Crippen LogP contribution in [0.25, 0.3) is 0 Å². The highest BCUT2D eigenvalue weighted by Gasteiger charge is 2.09. The van der Waals surface area contributed by atoms with Gasteiger partial charge in [-0.1, -0.05) is 18.2 Å². The van der Waals surface area contributed by atoms with Gasteiger partial charge in [-0.05, 0) is 13.0 Å². The Morgan fingerprint density at radius 3 is 2.94 bits per heavy atom. The molecular weight excluding hydrogens is 205 g/mol. The number of hydrogen-bond donors (Lipinski definition) is 2. The normalized spacial score (nSPS) is 12.6. The summed E-state index contributed by atoms with van der Waals surface area (Å²) in [7, 11) is 0. The molecule has 84 valence electrons. The monoisotopic (exact) mass is 219 g/mol. The van der Waals surface area contributed by atoms with Crippen LogP contribution in [0.5, 0.6) is 0 Å². The molecule has 0 radical (unpaired) electrons. The van der Waals surface area contributed by atoms with Crippen LogP contribution in [0.3, 0.4) is 0 Å². The van der Waals surface area contributed by atoms with E-state index in [0.717, 1.165) is 5.82 Å². The molecule has 1 aromatic heterocycles. The molecule has 1 aromatic carbocycles. The van der Waals surface area contributed by atoms with Gasteiger partial charge in [0, 0.05) is 24.0 Å². The number of hydrogen-bond acceptors (Lipinski definition) is 2. The second-order valence-corrected chi connectivity index (χ2v) is 3.66. The maximum atomic E-state index is 13.4. The van der Waals surface area contributed by atoms with Crippen molar-refractivity contribution in [2.45, 2.75) is 19.5 Å². The molecule has 0 unspecified atom stereocenters. The van der Waals surface area contributed by atoms with E-state index < -0.39 is 0 Å². The number of imidazole rings is 1. The van der Waals surface area contributed by atoms with Gasteiger partial charge in [0.15, 0.2) is 0 Å². The Bertz CT molecular complexity index is 439. The van der Waals surface area contributed by atoms with Gasteiger partial charge in [-0.15, -0.1) is 0 Å². The second-order valence-electron chi connectivity index (χ2n) is 3.66. The molecule has 0 amide bonds. The van der Waals surface area contributed by atoms with Gasteiger partial charge in [-0.2, -0.15) is 0 Å². The van der Waals surface area contributed by atoms with E-state index in [1.54, 1.807) is 24.5 Å². The van der Waals surface area contributed by atoms with Gasteiger partial charge in [0.2, 0.25) is 0 Å². The molecule has 1 atom stereocenters. The lowest BCUT2D eigenvalue weighted by molar-refractivity contribution is 0.521. The van der Waals surface area contributed by atoms with Crippen LogP contribution in [0.2, 0.25) is 0 Å². The molecular formula is C12H14FN3. The minimum absolute atomic E-state index is 0.0358. The molecule has 0 fully saturated rings. The van der Waals surface area contributed by atoms with Gasteiger partial charge < -0.3 is 10.3 Å². The number of nitrogens with zero attached hydrogens (tertiary/aromatic N) is 1. The van der Waals surface area contributed by atoms with Crippen LogP contribution in [0, 0.1) is 5.82 Å². The molecule has 0 aliphatic rings. The van der Waals surface area contributed by atoms with Crippen molar-refractivity contribution in [1.82, 2.24) is 15.3 Å². The lowest BCUT2D eigenvalue weighted by Crippen LogP contribution is -2.19. The fourth-order valence-corrected chi connectivity index (χ4v) is 1.58. The summed E-state index contributed by atoms with van der Waals surface area (Å²) in [4.78, 5) is 7.08. The van der Waals surface area contributed by atoms with Gasteiger partial charge in [-0.3, -0.25) is 0 Å². The Kier molecular flexibility index (Phi) is 3.31. The molecule has 0 bridgehead atoms. The van der Waals surface area contributed by atoms with E-state index in [4.69, 9.17) is 0 Å². The molecule has 0 saturated heterocycles. The molecule has 1 heterocycles. The molecule has 0 spiro atoms. The third-order valence-corrected chi connectivity index (χ3v) is 2.50. The highest BCUT2D eigenvalue weighted by atomic mass is 19.1. The SMILES string of the molecule is C[C@@H](NCc1ncc[nH]1)c1ccccc1F. The van der Waals surface area contributed by atoms with Crippen molar-refractivity contribution in [3.63, 3.8) is 0 Å². The van der Waals surface area contributed by atoms with Crippen molar-refractivity contribution in [1.29, 1.82) is 0 Å². The third-order valence-electron chi connectivity index (χ3n) is 2.50. The second kappa shape index (κ2) is 4.90. The maximum absolute atomic E-state index is 13.4. The summed E-state index contributed by atoms with van der Waals surface area (Å²) in [5.74, 6) is 0.671. The van der Waals surface area contributed by atoms with Crippen molar-refractivity contribution in [2.24, 2.45) is 0 Å². The van der Waals surface area contributed by atoms with Crippen molar-refractivity contribution in [3.8, 4) is 0 Å². The van der Waals surface area contributed by atoms with Crippen LogP contribution in [0.15, 0.2) is 36.7 Å². The number of halogens is 1. The maximum Gasteiger partial charge on any atom is 0.127 e. The Balaban J connectivity index is 1.98. The minimum atomic E-state index is -0.179. The lowest BCUT2D eigenvalue weighted by Gasteiger charge is -2.13. The van der Waals surface area contributed by atoms with Crippen LogP contribution in [0.1, 0.15) is 24.4 Å². The molecule has 16 heavy (non-hydrogen) atoms. The summed E-state index contributed by atoms with van der Waals surface area (Å²) in [6, 6.07) is 6.75. The molecule has 0 aliphatic carbocycles. The average Bonchev–Trinajstić information content (AvgIpc) is 2.79. The van der Waals surface area contributed by atoms with Gasteiger partial charge >= 0.3 is 0 Å². The zero-order chi connectivity index (χ0) is 11.4. The van der Waals surface area contributed by atoms with Gasteiger partial charge in [0.05, 0.1) is 6.54 Å². The molecule has 4 heteroatoms. The predicted octanol–water partition coefficient (Wildman–Crippen LogP) is 2.40. The highest BCUT2D eigenvalue weighted by molar-refractivity contribution is 5.20. The third kappa shape index (κ3) is 2.46. The first kappa shape index (κ1) is 10.8. The average molecular weight is 219 g/mol. The summed E-state index contributed by atoms with van der Waals surface area (Å²) in [6.07, 6.45) is 3.47. The number of aromatic nitrogens is 2. The van der Waals surface area contributed by atoms with Crippen molar-refractivity contribution < 1.29 is 4.39 Å². The predicted molar refractivity (Wildman–Crippen MR) is 60.2 cm³/mol. The fraction of sp³-hybridized carbons (Fsp3) is 0.250. The Labute approximate surface area is 93.7 Å². The zero-order valence-corrected chi connectivity index (χ0v) is 9.07. The van der Waals surface area contributed by atoms with E-state index in [2.05, 4.69) is 15.3 Å². The van der Waals surface area contributed by atoms with E-state index in [-0.39, 0.29) is 11.9 Å². The van der Waals surface area contributed by atoms with E-state index in [1.807, 2.05) is 13.0 Å². The first-order valence-electron chi connectivity index (χ1n) is 5.23. The van der Waals surface area contributed by atoms with Crippen LogP contribution in [-0.4, -0.2) is 9.97 Å². The minimum Gasteiger partial charge on any atom is -0.348 e. The van der Waals surface area contributed by atoms with Crippen LogP contribution in [-0.2, 0) is 6.54 Å². The molecule has 0 saturated carbocycles. The number of benzene rings is 1. The lowest BCUT2D eigenvalue weighted by atomic mass is 10.1. The summed E-state index contributed by atoms with van der Waals surface area (Å²) in [6.45, 7) is 2.53. The van der Waals surface area contributed by atoms with E-state index in [1.165, 1.54) is 6.07 Å². The van der Waals surface area contributed by atoms with Crippen LogP contribution >= 0.6 is 0 Å². The molecule has 2 aromatic rings. The topological polar surface area (TPSA) is 40.7 Å². The zero-order valence-electron chi connectivity index (χ0n) is 9.07. The Hall–Kier alpha value is -1.68. The van der Waals surface area contributed by atoms with Gasteiger partial charge in [-0.25, -0.2) is 9.37 Å². The number of rotatable bonds is 4. The standard InChI is InChI=1S/C12H14FN3/c1-9(10-4-2-3-5-11(10)13)16-8-12-14-6-7-15-12/h2-7,9,16H,8H2,1H3,(H,14,15)/t9-/m1/s1. The van der Waals surface area contributed by atoms with Gasteiger partial charge in [0.1, 0.15) is 11.6 Å². The van der Waals surface area contributed by atoms with E-state index >= 15 is 0 Å². The quantitative estimate of drug-likeness (QED) is 0.829. The van der Waals surface area contributed by atoms with Crippen molar-refractivity contribution >= 4 is 0 Å². The summed E-state index contributed by atoms with van der Waals surface area (Å²) >= 11 is 0. The van der Waals surface area contributed by atoms with Gasteiger partial charge in [0.25, 0.3) is 0 Å². The van der Waals surface area contributed by atoms with Crippen molar-refractivity contribution in [3.05, 3.63) is 53.9 Å². The van der Waals surface area contributed by atoms with Crippen molar-refractivity contribution in [2.75, 3.05) is 0 Å². The Morgan fingerprint density at radius 2 is 2.25 bits per heavy atom. The summed E-state index contributed by atoms with van der Waals surface area (Å²) in [5.41, 5.74) is 0.675. The number of aromatic amines is 1. The molecule has 2 rings (SSSR count). The number of H-pyrrole nitrogens is 1. The Morgan fingerprint density at radius 1 is 1.44 bits per heavy atom. The smallest absolute Gasteiger partial charge is 0.127 e. The highest BCUT2D eigenvalue weighted by Crippen LogP contribution is 2.16. The van der Waals surface area contributed by atoms with E-state index in [0.29, 0.717) is 12.1 Å². The summed E-state index contributed by atoms with van der Waals surface area (Å²) < 4.78 is 13.4. The van der Waals surface area contributed by atoms with Crippen LogP contribution < -0.4 is 5.32 Å². The number of nitrogens with one attached hydrogen (secondary N) is 2. The fourth-order valence-electron chi connectivity index (χ4n) is 1.58. The molecule has 0 aliphatic heterocycles. The largest absolute Gasteiger partial charge is 0.348 e.